The summed E-state index contributed by atoms with van der Waals surface area (Å²) < 4.78 is 0.883. The molecule has 2 heterocycles. The van der Waals surface area contributed by atoms with Crippen LogP contribution in [-0.4, -0.2) is 40.8 Å². The maximum Gasteiger partial charge on any atom is 0.246 e. The number of hydrogen-bond donors (Lipinski definition) is 1. The van der Waals surface area contributed by atoms with Gasteiger partial charge in [-0.3, -0.25) is 9.59 Å². The second-order valence-corrected chi connectivity index (χ2v) is 7.16. The molecular formula is C15H16Cl2IN3O2. The van der Waals surface area contributed by atoms with Gasteiger partial charge in [0.2, 0.25) is 11.8 Å². The summed E-state index contributed by atoms with van der Waals surface area (Å²) in [5.41, 5.74) is 0.755. The second-order valence-electron chi connectivity index (χ2n) is 5.23. The number of aryl methyl sites for hydroxylation is 1. The van der Waals surface area contributed by atoms with Crippen LogP contribution in [0.25, 0.3) is 0 Å². The van der Waals surface area contributed by atoms with E-state index in [4.69, 9.17) is 23.2 Å². The number of carbonyl (C=O) groups excluding carboxylic acids is 2. The summed E-state index contributed by atoms with van der Waals surface area (Å²) in [5.74, 6) is -0.164. The van der Waals surface area contributed by atoms with E-state index in [0.717, 1.165) is 15.7 Å². The number of aromatic nitrogens is 1. The molecule has 1 atom stereocenters. The largest absolute Gasteiger partial charge is 0.352 e. The summed E-state index contributed by atoms with van der Waals surface area (Å²) in [6.45, 7) is 4.64. The molecular weight excluding hydrogens is 452 g/mol. The summed E-state index contributed by atoms with van der Waals surface area (Å²) in [6, 6.07) is 1.73. The Labute approximate surface area is 158 Å². The number of hydrogen-bond acceptors (Lipinski definition) is 3. The van der Waals surface area contributed by atoms with Crippen molar-refractivity contribution >= 4 is 57.6 Å². The van der Waals surface area contributed by atoms with E-state index in [9.17, 15) is 9.59 Å². The van der Waals surface area contributed by atoms with E-state index in [2.05, 4.69) is 39.5 Å². The molecule has 1 N–H and O–H groups in total. The molecule has 0 aromatic carbocycles. The maximum absolute atomic E-state index is 12.1. The zero-order chi connectivity index (χ0) is 17.0. The Morgan fingerprint density at radius 1 is 1.52 bits per heavy atom. The second kappa shape index (κ2) is 8.30. The van der Waals surface area contributed by atoms with Crippen LogP contribution in [0.1, 0.15) is 18.5 Å². The molecule has 1 fully saturated rings. The monoisotopic (exact) mass is 467 g/mol. The quantitative estimate of drug-likeness (QED) is 0.411. The van der Waals surface area contributed by atoms with E-state index in [1.54, 1.807) is 11.0 Å². The molecule has 2 amide bonds. The normalized spacial score (nSPS) is 17.2. The van der Waals surface area contributed by atoms with Gasteiger partial charge in [-0.15, -0.1) is 0 Å². The number of nitrogens with one attached hydrogen (secondary N) is 1. The fraction of sp³-hybridized carbons (Fsp3) is 0.400. The molecule has 0 radical (unpaired) electrons. The molecule has 1 aromatic rings. The van der Waals surface area contributed by atoms with Crippen molar-refractivity contribution < 1.29 is 9.59 Å². The predicted molar refractivity (Wildman–Crippen MR) is 98.6 cm³/mol. The molecule has 0 spiro atoms. The maximum atomic E-state index is 12.1. The van der Waals surface area contributed by atoms with Gasteiger partial charge in [0.05, 0.1) is 10.7 Å². The summed E-state index contributed by atoms with van der Waals surface area (Å²) >= 11 is 13.9. The Balaban J connectivity index is 1.83. The third-order valence-corrected chi connectivity index (χ3v) is 5.19. The number of pyridine rings is 1. The van der Waals surface area contributed by atoms with E-state index in [1.165, 1.54) is 6.08 Å². The summed E-state index contributed by atoms with van der Waals surface area (Å²) in [5, 5.41) is 3.60. The SMILES string of the molecule is C=CC(=O)N1CC[C@H](NC(=O)CCc2nc(Cl)c(Cl)cc2I)C1. The smallest absolute Gasteiger partial charge is 0.246 e. The minimum atomic E-state index is -0.101. The Morgan fingerprint density at radius 2 is 2.26 bits per heavy atom. The summed E-state index contributed by atoms with van der Waals surface area (Å²) in [4.78, 5) is 29.5. The number of nitrogens with zero attached hydrogens (tertiary/aromatic N) is 2. The van der Waals surface area contributed by atoms with Gasteiger partial charge in [-0.05, 0) is 47.6 Å². The van der Waals surface area contributed by atoms with Crippen LogP contribution in [0.2, 0.25) is 10.2 Å². The van der Waals surface area contributed by atoms with Gasteiger partial charge in [0.1, 0.15) is 5.15 Å². The van der Waals surface area contributed by atoms with E-state index in [-0.39, 0.29) is 23.0 Å². The van der Waals surface area contributed by atoms with Crippen molar-refractivity contribution in [2.24, 2.45) is 0 Å². The third-order valence-electron chi connectivity index (χ3n) is 3.59. The lowest BCUT2D eigenvalue weighted by molar-refractivity contribution is -0.126. The highest BCUT2D eigenvalue weighted by molar-refractivity contribution is 14.1. The molecule has 1 saturated heterocycles. The summed E-state index contributed by atoms with van der Waals surface area (Å²) in [7, 11) is 0. The first-order valence-corrected chi connectivity index (χ1v) is 8.95. The number of amides is 2. The van der Waals surface area contributed by atoms with Crippen molar-refractivity contribution in [3.63, 3.8) is 0 Å². The van der Waals surface area contributed by atoms with Gasteiger partial charge in [-0.1, -0.05) is 29.8 Å². The van der Waals surface area contributed by atoms with Crippen LogP contribution in [0.4, 0.5) is 0 Å². The Kier molecular flexibility index (Phi) is 6.67. The van der Waals surface area contributed by atoms with Crippen molar-refractivity contribution in [2.75, 3.05) is 13.1 Å². The lowest BCUT2D eigenvalue weighted by Crippen LogP contribution is -2.38. The Morgan fingerprint density at radius 3 is 2.96 bits per heavy atom. The van der Waals surface area contributed by atoms with Crippen molar-refractivity contribution in [3.05, 3.63) is 38.2 Å². The minimum absolute atomic E-state index is 0.00719. The van der Waals surface area contributed by atoms with Crippen LogP contribution < -0.4 is 5.32 Å². The van der Waals surface area contributed by atoms with Crippen LogP contribution in [0, 0.1) is 3.57 Å². The molecule has 0 bridgehead atoms. The molecule has 1 aliphatic rings. The fourth-order valence-electron chi connectivity index (χ4n) is 2.39. The Hall–Kier alpha value is -0.860. The molecule has 0 unspecified atom stereocenters. The first-order chi connectivity index (χ1) is 10.9. The predicted octanol–water partition coefficient (Wildman–Crippen LogP) is 2.83. The molecule has 1 aromatic heterocycles. The van der Waals surface area contributed by atoms with E-state index in [0.29, 0.717) is 31.0 Å². The third kappa shape index (κ3) is 5.06. The molecule has 1 aliphatic heterocycles. The van der Waals surface area contributed by atoms with Gasteiger partial charge in [0.25, 0.3) is 0 Å². The number of rotatable bonds is 5. The Bertz CT molecular complexity index is 639. The van der Waals surface area contributed by atoms with Crippen LogP contribution in [-0.2, 0) is 16.0 Å². The average Bonchev–Trinajstić information content (AvgIpc) is 2.97. The van der Waals surface area contributed by atoms with Gasteiger partial charge < -0.3 is 10.2 Å². The van der Waals surface area contributed by atoms with Crippen LogP contribution in [0.5, 0.6) is 0 Å². The van der Waals surface area contributed by atoms with Crippen molar-refractivity contribution in [1.29, 1.82) is 0 Å². The lowest BCUT2D eigenvalue weighted by atomic mass is 10.2. The molecule has 2 rings (SSSR count). The number of halogens is 3. The molecule has 124 valence electrons. The van der Waals surface area contributed by atoms with Crippen LogP contribution in [0.15, 0.2) is 18.7 Å². The van der Waals surface area contributed by atoms with Gasteiger partial charge in [0, 0.05) is 29.1 Å². The van der Waals surface area contributed by atoms with Crippen LogP contribution in [0.3, 0.4) is 0 Å². The molecule has 5 nitrogen and oxygen atoms in total. The minimum Gasteiger partial charge on any atom is -0.352 e. The fourth-order valence-corrected chi connectivity index (χ4v) is 3.59. The first-order valence-electron chi connectivity index (χ1n) is 7.12. The van der Waals surface area contributed by atoms with Gasteiger partial charge in [0.15, 0.2) is 0 Å². The molecule has 23 heavy (non-hydrogen) atoms. The van der Waals surface area contributed by atoms with Crippen molar-refractivity contribution in [2.45, 2.75) is 25.3 Å². The molecule has 8 heteroatoms. The van der Waals surface area contributed by atoms with E-state index >= 15 is 0 Å². The first kappa shape index (κ1) is 18.5. The van der Waals surface area contributed by atoms with Crippen LogP contribution >= 0.6 is 45.8 Å². The van der Waals surface area contributed by atoms with E-state index in [1.807, 2.05) is 0 Å². The van der Waals surface area contributed by atoms with Gasteiger partial charge in [-0.25, -0.2) is 4.98 Å². The number of carbonyl (C=O) groups is 2. The van der Waals surface area contributed by atoms with Crippen molar-refractivity contribution in [3.8, 4) is 0 Å². The lowest BCUT2D eigenvalue weighted by Gasteiger charge is -2.15. The summed E-state index contributed by atoms with van der Waals surface area (Å²) in [6.07, 6.45) is 2.85. The van der Waals surface area contributed by atoms with E-state index < -0.39 is 0 Å². The zero-order valence-corrected chi connectivity index (χ0v) is 16.0. The standard InChI is InChI=1S/C15H16Cl2IN3O2/c1-2-14(23)21-6-5-9(8-21)19-13(22)4-3-12-11(18)7-10(16)15(17)20-12/h2,7,9H,1,3-6,8H2,(H,19,22)/t9-/m0/s1. The van der Waals surface area contributed by atoms with Crippen molar-refractivity contribution in [1.82, 2.24) is 15.2 Å². The highest BCUT2D eigenvalue weighted by Crippen LogP contribution is 2.24. The topological polar surface area (TPSA) is 62.3 Å². The van der Waals surface area contributed by atoms with Gasteiger partial charge >= 0.3 is 0 Å². The number of likely N-dealkylation sites (tertiary alicyclic amines) is 1. The average molecular weight is 468 g/mol. The molecule has 0 saturated carbocycles. The molecule has 0 aliphatic carbocycles. The highest BCUT2D eigenvalue weighted by Gasteiger charge is 2.25. The zero-order valence-electron chi connectivity index (χ0n) is 12.3. The van der Waals surface area contributed by atoms with Gasteiger partial charge in [-0.2, -0.15) is 0 Å². The highest BCUT2D eigenvalue weighted by atomic mass is 127.